The van der Waals surface area contributed by atoms with Gasteiger partial charge in [-0.3, -0.25) is 9.80 Å². The smallest absolute Gasteiger partial charge is 0.0635 e. The van der Waals surface area contributed by atoms with Gasteiger partial charge in [-0.1, -0.05) is 29.8 Å². The quantitative estimate of drug-likeness (QED) is 0.817. The van der Waals surface area contributed by atoms with Crippen molar-refractivity contribution < 1.29 is 0 Å². The van der Waals surface area contributed by atoms with Crippen molar-refractivity contribution in [2.24, 2.45) is 0 Å². The maximum Gasteiger partial charge on any atom is 0.0635 e. The van der Waals surface area contributed by atoms with Gasteiger partial charge in [0.25, 0.3) is 0 Å². The van der Waals surface area contributed by atoms with Gasteiger partial charge in [-0.15, -0.1) is 11.3 Å². The Bertz CT molecular complexity index is 684. The first-order valence-electron chi connectivity index (χ1n) is 7.91. The highest BCUT2D eigenvalue weighted by atomic mass is 35.5. The van der Waals surface area contributed by atoms with Crippen LogP contribution in [0, 0.1) is 11.3 Å². The van der Waals surface area contributed by atoms with E-state index in [4.69, 9.17) is 16.9 Å². The van der Waals surface area contributed by atoms with Gasteiger partial charge in [-0.25, -0.2) is 0 Å². The van der Waals surface area contributed by atoms with Crippen LogP contribution in [0.3, 0.4) is 0 Å². The molecule has 1 aromatic heterocycles. The zero-order chi connectivity index (χ0) is 16.1. The second-order valence-corrected chi connectivity index (χ2v) is 7.35. The first-order chi connectivity index (χ1) is 11.3. The van der Waals surface area contributed by atoms with Crippen LogP contribution >= 0.6 is 22.9 Å². The van der Waals surface area contributed by atoms with Crippen LogP contribution in [0.5, 0.6) is 0 Å². The standard InChI is InChI=1S/C18H20ClN3S/c19-17-5-2-1-4-16(17)18-7-6-15(23-18)14-22-12-10-21(11-13-22)9-3-8-20/h1-2,4-7H,3,9-14H2. The highest BCUT2D eigenvalue weighted by Gasteiger charge is 2.17. The topological polar surface area (TPSA) is 30.3 Å². The number of halogens is 1. The molecule has 0 saturated carbocycles. The minimum atomic E-state index is 0.631. The van der Waals surface area contributed by atoms with Gasteiger partial charge < -0.3 is 0 Å². The summed E-state index contributed by atoms with van der Waals surface area (Å²) in [5.41, 5.74) is 1.12. The molecular formula is C18H20ClN3S. The average molecular weight is 346 g/mol. The van der Waals surface area contributed by atoms with Crippen molar-refractivity contribution in [3.8, 4) is 16.5 Å². The molecule has 3 rings (SSSR count). The average Bonchev–Trinajstić information content (AvgIpc) is 3.03. The maximum atomic E-state index is 8.66. The zero-order valence-electron chi connectivity index (χ0n) is 13.0. The summed E-state index contributed by atoms with van der Waals surface area (Å²) in [6.45, 7) is 6.17. The number of piperazine rings is 1. The molecule has 0 amide bonds. The van der Waals surface area contributed by atoms with E-state index >= 15 is 0 Å². The van der Waals surface area contributed by atoms with E-state index in [0.717, 1.165) is 49.9 Å². The first-order valence-corrected chi connectivity index (χ1v) is 9.11. The fraction of sp³-hybridized carbons (Fsp3) is 0.389. The summed E-state index contributed by atoms with van der Waals surface area (Å²) in [4.78, 5) is 7.48. The molecule has 5 heteroatoms. The Balaban J connectivity index is 1.56. The second-order valence-electron chi connectivity index (χ2n) is 5.77. The summed E-state index contributed by atoms with van der Waals surface area (Å²) in [6.07, 6.45) is 0.631. The fourth-order valence-corrected chi connectivity index (χ4v) is 4.25. The lowest BCUT2D eigenvalue weighted by Crippen LogP contribution is -2.45. The highest BCUT2D eigenvalue weighted by molar-refractivity contribution is 7.15. The van der Waals surface area contributed by atoms with Gasteiger partial charge in [0.2, 0.25) is 0 Å². The third-order valence-corrected chi connectivity index (χ3v) is 5.62. The molecule has 1 saturated heterocycles. The fourth-order valence-electron chi connectivity index (χ4n) is 2.87. The molecule has 120 valence electrons. The second kappa shape index (κ2) is 7.94. The molecule has 1 aliphatic heterocycles. The monoisotopic (exact) mass is 345 g/mol. The van der Waals surface area contributed by atoms with E-state index in [1.165, 1.54) is 9.75 Å². The largest absolute Gasteiger partial charge is 0.300 e. The summed E-state index contributed by atoms with van der Waals surface area (Å²) in [6, 6.07) is 14.6. The Morgan fingerprint density at radius 3 is 2.52 bits per heavy atom. The van der Waals surface area contributed by atoms with Crippen molar-refractivity contribution >= 4 is 22.9 Å². The number of nitrogens with zero attached hydrogens (tertiary/aromatic N) is 3. The molecule has 1 aliphatic rings. The molecule has 2 heterocycles. The molecule has 1 fully saturated rings. The summed E-state index contributed by atoms with van der Waals surface area (Å²) in [5, 5.41) is 9.48. The maximum absolute atomic E-state index is 8.66. The van der Waals surface area contributed by atoms with Crippen molar-refractivity contribution in [2.45, 2.75) is 13.0 Å². The number of rotatable bonds is 5. The lowest BCUT2D eigenvalue weighted by Gasteiger charge is -2.34. The SMILES string of the molecule is N#CCCN1CCN(Cc2ccc(-c3ccccc3Cl)s2)CC1. The number of benzene rings is 1. The lowest BCUT2D eigenvalue weighted by atomic mass is 10.2. The van der Waals surface area contributed by atoms with Crippen LogP contribution in [0.2, 0.25) is 5.02 Å². The van der Waals surface area contributed by atoms with E-state index in [2.05, 4.69) is 34.1 Å². The summed E-state index contributed by atoms with van der Waals surface area (Å²) < 4.78 is 0. The van der Waals surface area contributed by atoms with E-state index in [1.54, 1.807) is 0 Å². The Morgan fingerprint density at radius 1 is 1.04 bits per heavy atom. The Kier molecular flexibility index (Phi) is 5.69. The molecule has 0 bridgehead atoms. The molecule has 2 aromatic rings. The molecule has 0 unspecified atom stereocenters. The van der Waals surface area contributed by atoms with Crippen LogP contribution in [0.25, 0.3) is 10.4 Å². The van der Waals surface area contributed by atoms with Crippen molar-refractivity contribution in [2.75, 3.05) is 32.7 Å². The van der Waals surface area contributed by atoms with Crippen LogP contribution in [-0.2, 0) is 6.54 Å². The third-order valence-electron chi connectivity index (χ3n) is 4.19. The molecule has 0 N–H and O–H groups in total. The summed E-state index contributed by atoms with van der Waals surface area (Å²) in [7, 11) is 0. The number of hydrogen-bond donors (Lipinski definition) is 0. The van der Waals surface area contributed by atoms with Gasteiger partial charge in [0.15, 0.2) is 0 Å². The molecule has 0 atom stereocenters. The molecule has 0 spiro atoms. The molecule has 23 heavy (non-hydrogen) atoms. The van der Waals surface area contributed by atoms with Crippen LogP contribution in [0.15, 0.2) is 36.4 Å². The van der Waals surface area contributed by atoms with Crippen molar-refractivity contribution in [3.63, 3.8) is 0 Å². The lowest BCUT2D eigenvalue weighted by molar-refractivity contribution is 0.130. The van der Waals surface area contributed by atoms with Gasteiger partial charge in [-0.2, -0.15) is 5.26 Å². The number of hydrogen-bond acceptors (Lipinski definition) is 4. The molecule has 0 aliphatic carbocycles. The predicted molar refractivity (Wildman–Crippen MR) is 96.7 cm³/mol. The summed E-state index contributed by atoms with van der Waals surface area (Å²) >= 11 is 8.11. The first kappa shape index (κ1) is 16.5. The minimum Gasteiger partial charge on any atom is -0.300 e. The van der Waals surface area contributed by atoms with Crippen LogP contribution in [-0.4, -0.2) is 42.5 Å². The third kappa shape index (κ3) is 4.33. The van der Waals surface area contributed by atoms with Crippen molar-refractivity contribution in [1.29, 1.82) is 5.26 Å². The van der Waals surface area contributed by atoms with E-state index in [-0.39, 0.29) is 0 Å². The molecule has 0 radical (unpaired) electrons. The van der Waals surface area contributed by atoms with Crippen LogP contribution in [0.1, 0.15) is 11.3 Å². The van der Waals surface area contributed by atoms with Gasteiger partial charge in [-0.05, 0) is 18.2 Å². The van der Waals surface area contributed by atoms with Crippen LogP contribution in [0.4, 0.5) is 0 Å². The minimum absolute atomic E-state index is 0.631. The number of nitriles is 1. The normalized spacial score (nSPS) is 16.3. The van der Waals surface area contributed by atoms with E-state index < -0.39 is 0 Å². The van der Waals surface area contributed by atoms with Gasteiger partial charge >= 0.3 is 0 Å². The summed E-state index contributed by atoms with van der Waals surface area (Å²) in [5.74, 6) is 0. The van der Waals surface area contributed by atoms with Crippen molar-refractivity contribution in [1.82, 2.24) is 9.80 Å². The van der Waals surface area contributed by atoms with Crippen molar-refractivity contribution in [3.05, 3.63) is 46.3 Å². The van der Waals surface area contributed by atoms with Gasteiger partial charge in [0.05, 0.1) is 6.07 Å². The Labute approximate surface area is 146 Å². The van der Waals surface area contributed by atoms with Gasteiger partial charge in [0, 0.05) is 66.0 Å². The zero-order valence-corrected chi connectivity index (χ0v) is 14.6. The molecule has 1 aromatic carbocycles. The van der Waals surface area contributed by atoms with E-state index in [9.17, 15) is 0 Å². The van der Waals surface area contributed by atoms with E-state index in [1.807, 2.05) is 29.5 Å². The number of thiophene rings is 1. The van der Waals surface area contributed by atoms with Gasteiger partial charge in [0.1, 0.15) is 0 Å². The van der Waals surface area contributed by atoms with E-state index in [0.29, 0.717) is 6.42 Å². The predicted octanol–water partition coefficient (Wildman–Crippen LogP) is 4.10. The Morgan fingerprint density at radius 2 is 1.78 bits per heavy atom. The molecular weight excluding hydrogens is 326 g/mol. The highest BCUT2D eigenvalue weighted by Crippen LogP contribution is 2.33. The Hall–Kier alpha value is -1.38. The molecule has 3 nitrogen and oxygen atoms in total. The van der Waals surface area contributed by atoms with Crippen LogP contribution < -0.4 is 0 Å².